The van der Waals surface area contributed by atoms with Gasteiger partial charge in [-0.3, -0.25) is 4.99 Å². The highest BCUT2D eigenvalue weighted by molar-refractivity contribution is 8.14. The standard InChI is InChI=1S/C12H21N3O3S.2ClH/c1-3-5-13-6-7-9(16)10(17)8-11(18-7)19-12(15-8)14-4-2;;/h3,7-11,13,16-17H,1,4-6H2,2H3,(H,14,15);2*1H/t7-,8-,9-,10-,11-;;/m1../s1. The molecule has 2 rings (SSSR count). The molecule has 9 heteroatoms. The minimum atomic E-state index is -0.910. The Morgan fingerprint density at radius 1 is 1.43 bits per heavy atom. The van der Waals surface area contributed by atoms with Crippen LogP contribution in [0.4, 0.5) is 0 Å². The van der Waals surface area contributed by atoms with Gasteiger partial charge in [-0.25, -0.2) is 0 Å². The third-order valence-electron chi connectivity index (χ3n) is 3.15. The Balaban J connectivity index is 0.00000200. The van der Waals surface area contributed by atoms with Crippen LogP contribution in [0.25, 0.3) is 0 Å². The first-order valence-electron chi connectivity index (χ1n) is 6.48. The van der Waals surface area contributed by atoms with E-state index in [1.165, 1.54) is 11.8 Å². The fourth-order valence-electron chi connectivity index (χ4n) is 2.19. The normalized spacial score (nSPS) is 36.1. The Hall–Kier alpha value is -0.0200. The first kappa shape index (κ1) is 21.0. The van der Waals surface area contributed by atoms with Crippen molar-refractivity contribution in [2.45, 2.75) is 36.7 Å². The number of fused-ring (bicyclic) bond motifs is 1. The van der Waals surface area contributed by atoms with Gasteiger partial charge in [0.25, 0.3) is 0 Å². The van der Waals surface area contributed by atoms with E-state index < -0.39 is 18.3 Å². The molecule has 6 nitrogen and oxygen atoms in total. The van der Waals surface area contributed by atoms with Gasteiger partial charge in [0.2, 0.25) is 0 Å². The van der Waals surface area contributed by atoms with E-state index in [9.17, 15) is 10.2 Å². The Bertz CT molecular complexity index is 363. The molecule has 0 saturated carbocycles. The predicted molar refractivity (Wildman–Crippen MR) is 90.7 cm³/mol. The van der Waals surface area contributed by atoms with Crippen LogP contribution >= 0.6 is 36.6 Å². The highest BCUT2D eigenvalue weighted by Gasteiger charge is 2.48. The molecule has 2 fully saturated rings. The number of aliphatic hydroxyl groups is 2. The predicted octanol–water partition coefficient (Wildman–Crippen LogP) is 0.133. The third kappa shape index (κ3) is 4.99. The van der Waals surface area contributed by atoms with Crippen molar-refractivity contribution in [3.63, 3.8) is 0 Å². The highest BCUT2D eigenvalue weighted by atomic mass is 35.5. The molecule has 0 spiro atoms. The lowest BCUT2D eigenvalue weighted by Gasteiger charge is -2.39. The first-order valence-corrected chi connectivity index (χ1v) is 7.36. The van der Waals surface area contributed by atoms with Gasteiger partial charge in [-0.05, 0) is 6.92 Å². The molecule has 0 radical (unpaired) electrons. The number of hydrogen-bond donors (Lipinski definition) is 4. The van der Waals surface area contributed by atoms with Gasteiger partial charge in [0.15, 0.2) is 5.17 Å². The summed E-state index contributed by atoms with van der Waals surface area (Å²) in [5, 5.41) is 27.2. The van der Waals surface area contributed by atoms with Gasteiger partial charge in [-0.1, -0.05) is 17.8 Å². The monoisotopic (exact) mass is 359 g/mol. The Kier molecular flexibility index (Phi) is 9.88. The summed E-state index contributed by atoms with van der Waals surface area (Å²) < 4.78 is 5.83. The van der Waals surface area contributed by atoms with Crippen molar-refractivity contribution in [2.75, 3.05) is 19.6 Å². The van der Waals surface area contributed by atoms with Crippen molar-refractivity contribution in [3.8, 4) is 0 Å². The number of aliphatic imine (C=N–C) groups is 1. The van der Waals surface area contributed by atoms with Crippen LogP contribution in [-0.4, -0.2) is 64.8 Å². The van der Waals surface area contributed by atoms with Gasteiger partial charge in [0.1, 0.15) is 23.7 Å². The molecule has 0 aliphatic carbocycles. The topological polar surface area (TPSA) is 86.1 Å². The second kappa shape index (κ2) is 9.89. The number of ether oxygens (including phenoxy) is 1. The van der Waals surface area contributed by atoms with Crippen molar-refractivity contribution in [1.29, 1.82) is 0 Å². The summed E-state index contributed by atoms with van der Waals surface area (Å²) in [5.74, 6) is 0. The number of amidine groups is 1. The molecule has 2 heterocycles. The number of rotatable bonds is 5. The molecule has 0 bridgehead atoms. The maximum Gasteiger partial charge on any atom is 0.159 e. The fraction of sp³-hybridized carbons (Fsp3) is 0.750. The van der Waals surface area contributed by atoms with E-state index in [0.717, 1.165) is 5.17 Å². The van der Waals surface area contributed by atoms with Gasteiger partial charge >= 0.3 is 0 Å². The van der Waals surface area contributed by atoms with Crippen LogP contribution in [-0.2, 0) is 4.74 Å². The first-order chi connectivity index (χ1) is 9.17. The average molecular weight is 360 g/mol. The van der Waals surface area contributed by atoms with E-state index in [1.807, 2.05) is 6.92 Å². The van der Waals surface area contributed by atoms with Gasteiger partial charge < -0.3 is 25.6 Å². The minimum Gasteiger partial charge on any atom is -0.388 e. The summed E-state index contributed by atoms with van der Waals surface area (Å²) in [6.07, 6.45) is -0.447. The summed E-state index contributed by atoms with van der Waals surface area (Å²) in [5.41, 5.74) is -0.209. The molecule has 0 unspecified atom stereocenters. The van der Waals surface area contributed by atoms with E-state index in [4.69, 9.17) is 4.74 Å². The SMILES string of the molecule is C=CCNC[C@H]1O[C@@H]2SC(=NCC)N[C@@H]2[C@@H](O)[C@@H]1O.Cl.Cl. The zero-order valence-corrected chi connectivity index (χ0v) is 14.2. The lowest BCUT2D eigenvalue weighted by Crippen LogP contribution is -2.60. The molecular formula is C12H23Cl2N3O3S. The van der Waals surface area contributed by atoms with Crippen LogP contribution in [0.15, 0.2) is 17.6 Å². The van der Waals surface area contributed by atoms with Crippen molar-refractivity contribution >= 4 is 41.7 Å². The second-order valence-corrected chi connectivity index (χ2v) is 5.63. The Labute approximate surface area is 141 Å². The molecule has 0 aromatic rings. The summed E-state index contributed by atoms with van der Waals surface area (Å²) in [7, 11) is 0. The number of thioether (sulfide) groups is 1. The van der Waals surface area contributed by atoms with E-state index in [0.29, 0.717) is 19.6 Å². The maximum absolute atomic E-state index is 10.2. The number of aliphatic hydroxyl groups excluding tert-OH is 2. The molecule has 2 aliphatic heterocycles. The summed E-state index contributed by atoms with van der Waals surface area (Å²) in [6, 6.07) is -0.305. The van der Waals surface area contributed by atoms with Crippen LogP contribution in [0.3, 0.4) is 0 Å². The van der Waals surface area contributed by atoms with Crippen LogP contribution in [0.2, 0.25) is 0 Å². The van der Waals surface area contributed by atoms with E-state index in [-0.39, 0.29) is 36.3 Å². The third-order valence-corrected chi connectivity index (χ3v) is 4.26. The van der Waals surface area contributed by atoms with E-state index in [2.05, 4.69) is 22.2 Å². The average Bonchev–Trinajstić information content (AvgIpc) is 2.79. The van der Waals surface area contributed by atoms with Crippen LogP contribution in [0.1, 0.15) is 6.92 Å². The minimum absolute atomic E-state index is 0. The van der Waals surface area contributed by atoms with Crippen LogP contribution < -0.4 is 10.6 Å². The van der Waals surface area contributed by atoms with Crippen molar-refractivity contribution in [1.82, 2.24) is 10.6 Å². The molecule has 124 valence electrons. The quantitative estimate of drug-likeness (QED) is 0.412. The highest BCUT2D eigenvalue weighted by Crippen LogP contribution is 2.33. The van der Waals surface area contributed by atoms with Gasteiger partial charge in [-0.2, -0.15) is 0 Å². The van der Waals surface area contributed by atoms with Gasteiger partial charge in [0, 0.05) is 19.6 Å². The smallest absolute Gasteiger partial charge is 0.159 e. The largest absolute Gasteiger partial charge is 0.388 e. The van der Waals surface area contributed by atoms with Crippen LogP contribution in [0.5, 0.6) is 0 Å². The Morgan fingerprint density at radius 2 is 2.14 bits per heavy atom. The molecule has 4 N–H and O–H groups in total. The molecule has 5 atom stereocenters. The lowest BCUT2D eigenvalue weighted by molar-refractivity contribution is -0.153. The molecule has 2 aliphatic rings. The van der Waals surface area contributed by atoms with Crippen molar-refractivity contribution in [3.05, 3.63) is 12.7 Å². The number of nitrogens with zero attached hydrogens (tertiary/aromatic N) is 1. The molecule has 21 heavy (non-hydrogen) atoms. The molecule has 0 amide bonds. The number of nitrogens with one attached hydrogen (secondary N) is 2. The summed E-state index contributed by atoms with van der Waals surface area (Å²) in [6.45, 7) is 7.37. The molecular weight excluding hydrogens is 337 g/mol. The summed E-state index contributed by atoms with van der Waals surface area (Å²) >= 11 is 1.47. The zero-order valence-electron chi connectivity index (χ0n) is 11.8. The molecule has 0 aromatic heterocycles. The molecule has 2 saturated heterocycles. The number of hydrogen-bond acceptors (Lipinski definition) is 6. The fourth-order valence-corrected chi connectivity index (χ4v) is 3.40. The molecule has 0 aromatic carbocycles. The van der Waals surface area contributed by atoms with Crippen LogP contribution in [0, 0.1) is 0 Å². The van der Waals surface area contributed by atoms with Crippen molar-refractivity contribution in [2.24, 2.45) is 4.99 Å². The van der Waals surface area contributed by atoms with E-state index in [1.54, 1.807) is 6.08 Å². The van der Waals surface area contributed by atoms with E-state index >= 15 is 0 Å². The van der Waals surface area contributed by atoms with Gasteiger partial charge in [0.05, 0.1) is 6.04 Å². The maximum atomic E-state index is 10.2. The van der Waals surface area contributed by atoms with Gasteiger partial charge in [-0.15, -0.1) is 31.4 Å². The zero-order chi connectivity index (χ0) is 13.8. The van der Waals surface area contributed by atoms with Crippen molar-refractivity contribution < 1.29 is 14.9 Å². The lowest BCUT2D eigenvalue weighted by atomic mass is 9.98. The summed E-state index contributed by atoms with van der Waals surface area (Å²) in [4.78, 5) is 4.27. The Morgan fingerprint density at radius 3 is 2.76 bits per heavy atom. The number of halogens is 2. The second-order valence-electron chi connectivity index (χ2n) is 4.54.